The highest BCUT2D eigenvalue weighted by Gasteiger charge is 2.28. The number of hydrogen-bond donors (Lipinski definition) is 0. The molecular weight excluding hydrogens is 374 g/mol. The van der Waals surface area contributed by atoms with Gasteiger partial charge < -0.3 is 4.52 Å². The highest BCUT2D eigenvalue weighted by atomic mass is 16.5. The van der Waals surface area contributed by atoms with Crippen LogP contribution in [0.1, 0.15) is 48.1 Å². The van der Waals surface area contributed by atoms with Crippen LogP contribution < -0.4 is 0 Å². The second kappa shape index (κ2) is 7.12. The summed E-state index contributed by atoms with van der Waals surface area (Å²) in [7, 11) is 0. The first-order valence-electron chi connectivity index (χ1n) is 9.84. The molecule has 6 heteroatoms. The normalized spacial score (nSPS) is 15.0. The summed E-state index contributed by atoms with van der Waals surface area (Å²) in [4.78, 5) is 14.2. The Hall–Kier alpha value is -3.98. The zero-order valence-electron chi connectivity index (χ0n) is 16.7. The van der Waals surface area contributed by atoms with Crippen molar-refractivity contribution in [1.29, 1.82) is 0 Å². The summed E-state index contributed by atoms with van der Waals surface area (Å²) in [5.41, 5.74) is 6.21. The third kappa shape index (κ3) is 2.83. The van der Waals surface area contributed by atoms with E-state index in [-0.39, 0.29) is 6.04 Å². The van der Waals surface area contributed by atoms with Crippen molar-refractivity contribution in [2.45, 2.75) is 26.3 Å². The van der Waals surface area contributed by atoms with Gasteiger partial charge in [0.2, 0.25) is 0 Å². The Balaban J connectivity index is 1.77. The molecule has 1 atom stereocenters. The molecular formula is C24H19N5O. The Kier molecular flexibility index (Phi) is 4.29. The van der Waals surface area contributed by atoms with Crippen LogP contribution >= 0.6 is 0 Å². The van der Waals surface area contributed by atoms with Crippen LogP contribution in [-0.2, 0) is 6.42 Å². The molecule has 0 bridgehead atoms. The van der Waals surface area contributed by atoms with E-state index in [1.807, 2.05) is 54.8 Å². The zero-order valence-corrected chi connectivity index (χ0v) is 16.7. The van der Waals surface area contributed by atoms with Crippen LogP contribution in [0.3, 0.4) is 0 Å². The average molecular weight is 393 g/mol. The topological polar surface area (TPSA) is 69.1 Å². The predicted molar refractivity (Wildman–Crippen MR) is 115 cm³/mol. The monoisotopic (exact) mass is 393 g/mol. The first kappa shape index (κ1) is 18.1. The molecule has 0 saturated carbocycles. The molecule has 2 aromatic carbocycles. The van der Waals surface area contributed by atoms with Gasteiger partial charge in [-0.25, -0.2) is 4.98 Å². The van der Waals surface area contributed by atoms with Gasteiger partial charge in [0.15, 0.2) is 11.5 Å². The summed E-state index contributed by atoms with van der Waals surface area (Å²) >= 11 is 0. The predicted octanol–water partition coefficient (Wildman–Crippen LogP) is 4.38. The van der Waals surface area contributed by atoms with E-state index in [1.54, 1.807) is 6.33 Å². The lowest BCUT2D eigenvalue weighted by Gasteiger charge is -2.12. The molecule has 1 aliphatic rings. The zero-order chi connectivity index (χ0) is 20.7. The smallest absolute Gasteiger partial charge is 0.278 e. The summed E-state index contributed by atoms with van der Waals surface area (Å²) in [5.74, 6) is 3.79. The lowest BCUT2D eigenvalue weighted by atomic mass is 9.98. The molecule has 6 nitrogen and oxygen atoms in total. The van der Waals surface area contributed by atoms with Crippen molar-refractivity contribution in [2.75, 3.05) is 0 Å². The van der Waals surface area contributed by atoms with Crippen LogP contribution in [-0.4, -0.2) is 25.4 Å². The van der Waals surface area contributed by atoms with Crippen LogP contribution in [0.15, 0.2) is 64.4 Å². The van der Waals surface area contributed by atoms with Crippen LogP contribution in [0.2, 0.25) is 0 Å². The highest BCUT2D eigenvalue weighted by Crippen LogP contribution is 2.36. The lowest BCUT2D eigenvalue weighted by molar-refractivity contribution is 0.421. The molecule has 0 N–H and O–H groups in total. The van der Waals surface area contributed by atoms with Gasteiger partial charge in [0.05, 0.1) is 23.1 Å². The summed E-state index contributed by atoms with van der Waals surface area (Å²) < 4.78 is 7.53. The Morgan fingerprint density at radius 1 is 1.17 bits per heavy atom. The van der Waals surface area contributed by atoms with Crippen LogP contribution in [0.5, 0.6) is 0 Å². The minimum atomic E-state index is -0.184. The SMILES string of the molecule is C#Cc1ccc2c(c1)C(c1ccccc1)=NC(C)c1c(-c3nc(CC)no3)ncn1-2. The van der Waals surface area contributed by atoms with E-state index in [4.69, 9.17) is 15.9 Å². The van der Waals surface area contributed by atoms with Gasteiger partial charge in [-0.3, -0.25) is 9.56 Å². The minimum absolute atomic E-state index is 0.184. The second-order valence-electron chi connectivity index (χ2n) is 7.11. The molecule has 3 heterocycles. The number of aryl methyl sites for hydroxylation is 1. The van der Waals surface area contributed by atoms with Crippen molar-refractivity contribution in [3.63, 3.8) is 0 Å². The molecule has 30 heavy (non-hydrogen) atoms. The highest BCUT2D eigenvalue weighted by molar-refractivity contribution is 6.15. The third-order valence-electron chi connectivity index (χ3n) is 5.23. The molecule has 146 valence electrons. The van der Waals surface area contributed by atoms with Gasteiger partial charge in [-0.2, -0.15) is 4.98 Å². The Morgan fingerprint density at radius 2 is 2.00 bits per heavy atom. The van der Waals surface area contributed by atoms with E-state index >= 15 is 0 Å². The number of aliphatic imine (C=N–C) groups is 1. The summed E-state index contributed by atoms with van der Waals surface area (Å²) in [6.45, 7) is 4.03. The molecule has 1 unspecified atom stereocenters. The van der Waals surface area contributed by atoms with Gasteiger partial charge in [0.1, 0.15) is 6.33 Å². The maximum absolute atomic E-state index is 5.69. The largest absolute Gasteiger partial charge is 0.332 e. The molecule has 5 rings (SSSR count). The fourth-order valence-electron chi connectivity index (χ4n) is 3.78. The summed E-state index contributed by atoms with van der Waals surface area (Å²) in [6, 6.07) is 15.9. The van der Waals surface area contributed by atoms with Crippen molar-refractivity contribution >= 4 is 5.71 Å². The van der Waals surface area contributed by atoms with Gasteiger partial charge in [-0.1, -0.05) is 48.3 Å². The van der Waals surface area contributed by atoms with E-state index in [0.29, 0.717) is 23.8 Å². The maximum atomic E-state index is 5.69. The van der Waals surface area contributed by atoms with Gasteiger partial charge >= 0.3 is 0 Å². The number of hydrogen-bond acceptors (Lipinski definition) is 5. The number of terminal acetylenes is 1. The van der Waals surface area contributed by atoms with E-state index < -0.39 is 0 Å². The molecule has 0 saturated heterocycles. The number of aromatic nitrogens is 4. The van der Waals surface area contributed by atoms with Crippen LogP contribution in [0, 0.1) is 12.3 Å². The minimum Gasteiger partial charge on any atom is -0.332 e. The van der Waals surface area contributed by atoms with Gasteiger partial charge in [0, 0.05) is 23.1 Å². The van der Waals surface area contributed by atoms with Crippen molar-refractivity contribution < 1.29 is 4.52 Å². The first-order chi connectivity index (χ1) is 14.7. The number of imidazole rings is 1. The summed E-state index contributed by atoms with van der Waals surface area (Å²) in [6.07, 6.45) is 8.17. The number of nitrogens with zero attached hydrogens (tertiary/aromatic N) is 5. The quantitative estimate of drug-likeness (QED) is 0.485. The molecule has 0 spiro atoms. The van der Waals surface area contributed by atoms with E-state index in [2.05, 4.69) is 33.2 Å². The molecule has 0 radical (unpaired) electrons. The van der Waals surface area contributed by atoms with Crippen molar-refractivity contribution in [3.05, 3.63) is 83.1 Å². The molecule has 4 aromatic rings. The molecule has 2 aromatic heterocycles. The molecule has 1 aliphatic heterocycles. The second-order valence-corrected chi connectivity index (χ2v) is 7.11. The van der Waals surface area contributed by atoms with Gasteiger partial charge in [-0.05, 0) is 25.1 Å². The fourth-order valence-corrected chi connectivity index (χ4v) is 3.78. The van der Waals surface area contributed by atoms with E-state index in [9.17, 15) is 0 Å². The van der Waals surface area contributed by atoms with Gasteiger partial charge in [0.25, 0.3) is 5.89 Å². The maximum Gasteiger partial charge on any atom is 0.278 e. The number of rotatable bonds is 3. The molecule has 0 amide bonds. The van der Waals surface area contributed by atoms with E-state index in [0.717, 1.165) is 33.8 Å². The van der Waals surface area contributed by atoms with Crippen molar-refractivity contribution in [3.8, 4) is 29.6 Å². The van der Waals surface area contributed by atoms with Crippen molar-refractivity contribution in [1.82, 2.24) is 19.7 Å². The van der Waals surface area contributed by atoms with Gasteiger partial charge in [-0.15, -0.1) is 6.42 Å². The van der Waals surface area contributed by atoms with Crippen LogP contribution in [0.4, 0.5) is 0 Å². The third-order valence-corrected chi connectivity index (χ3v) is 5.23. The lowest BCUT2D eigenvalue weighted by Crippen LogP contribution is -2.07. The Labute approximate surface area is 174 Å². The Morgan fingerprint density at radius 3 is 2.73 bits per heavy atom. The first-order valence-corrected chi connectivity index (χ1v) is 9.84. The Bertz CT molecular complexity index is 1310. The van der Waals surface area contributed by atoms with Crippen LogP contribution in [0.25, 0.3) is 17.3 Å². The number of fused-ring (bicyclic) bond motifs is 3. The van der Waals surface area contributed by atoms with Crippen molar-refractivity contribution in [2.24, 2.45) is 4.99 Å². The number of benzene rings is 2. The standard InChI is InChI=1S/C24H19N5O/c1-4-16-11-12-19-18(13-16)21(17-9-7-6-8-10-17)26-15(3)23-22(25-14-29(19)23)24-27-20(5-2)28-30-24/h1,6-15H,5H2,2-3H3. The van der Waals surface area contributed by atoms with E-state index in [1.165, 1.54) is 0 Å². The fraction of sp³-hybridized carbons (Fsp3) is 0.167. The summed E-state index contributed by atoms with van der Waals surface area (Å²) in [5, 5.41) is 4.02. The molecule has 0 aliphatic carbocycles. The average Bonchev–Trinajstić information content (AvgIpc) is 3.42. The molecule has 0 fully saturated rings.